The maximum atomic E-state index is 12.8. The van der Waals surface area contributed by atoms with Gasteiger partial charge in [-0.15, -0.1) is 0 Å². The normalized spacial score (nSPS) is 22.7. The fraction of sp³-hybridized carbons (Fsp3) is 0.529. The number of nitrogens with zero attached hydrogens (tertiary/aromatic N) is 1. The topological polar surface area (TPSA) is 49.4 Å². The van der Waals surface area contributed by atoms with Crippen LogP contribution in [0.2, 0.25) is 0 Å². The summed E-state index contributed by atoms with van der Waals surface area (Å²) in [5.74, 6) is 0.258. The first-order valence-electron chi connectivity index (χ1n) is 7.51. The van der Waals surface area contributed by atoms with E-state index in [0.29, 0.717) is 12.3 Å². The third kappa shape index (κ3) is 3.26. The van der Waals surface area contributed by atoms with E-state index < -0.39 is 12.1 Å². The Kier molecular flexibility index (Phi) is 4.35. The van der Waals surface area contributed by atoms with E-state index in [2.05, 4.69) is 25.2 Å². The summed E-state index contributed by atoms with van der Waals surface area (Å²) in [4.78, 5) is 26.6. The Morgan fingerprint density at radius 1 is 1.14 bits per heavy atom. The molecule has 0 aliphatic carbocycles. The molecule has 1 saturated heterocycles. The molecule has 2 atom stereocenters. The lowest BCUT2D eigenvalue weighted by molar-refractivity contribution is -0.133. The molecule has 2 amide bonds. The molecule has 1 aromatic rings. The van der Waals surface area contributed by atoms with Crippen LogP contribution in [-0.4, -0.2) is 23.9 Å². The Labute approximate surface area is 126 Å². The summed E-state index contributed by atoms with van der Waals surface area (Å²) < 4.78 is 0. The molecular weight excluding hydrogens is 264 g/mol. The fourth-order valence-electron chi connectivity index (χ4n) is 2.90. The van der Waals surface area contributed by atoms with Gasteiger partial charge in [0.15, 0.2) is 0 Å². The van der Waals surface area contributed by atoms with Gasteiger partial charge in [-0.3, -0.25) is 14.5 Å². The number of rotatable bonds is 3. The van der Waals surface area contributed by atoms with Crippen molar-refractivity contribution in [3.05, 3.63) is 29.3 Å². The van der Waals surface area contributed by atoms with Gasteiger partial charge in [0, 0.05) is 5.69 Å². The number of nitrogens with one attached hydrogen (secondary N) is 1. The number of piperazine rings is 1. The van der Waals surface area contributed by atoms with Crippen LogP contribution in [0, 0.1) is 19.8 Å². The van der Waals surface area contributed by atoms with E-state index in [1.54, 1.807) is 11.8 Å². The highest BCUT2D eigenvalue weighted by Gasteiger charge is 2.39. The monoisotopic (exact) mass is 288 g/mol. The molecule has 1 aliphatic rings. The minimum absolute atomic E-state index is 0.0131. The molecule has 0 aromatic heterocycles. The molecule has 1 fully saturated rings. The molecule has 4 nitrogen and oxygen atoms in total. The highest BCUT2D eigenvalue weighted by Crippen LogP contribution is 2.25. The Bertz CT molecular complexity index is 546. The van der Waals surface area contributed by atoms with E-state index in [1.807, 2.05) is 26.0 Å². The average molecular weight is 288 g/mol. The van der Waals surface area contributed by atoms with Crippen LogP contribution in [0.1, 0.15) is 38.3 Å². The van der Waals surface area contributed by atoms with Crippen LogP contribution in [0.5, 0.6) is 0 Å². The number of carbonyl (C=O) groups excluding carboxylic acids is 2. The Morgan fingerprint density at radius 3 is 2.24 bits per heavy atom. The van der Waals surface area contributed by atoms with E-state index in [4.69, 9.17) is 0 Å². The summed E-state index contributed by atoms with van der Waals surface area (Å²) >= 11 is 0. The predicted molar refractivity (Wildman–Crippen MR) is 84.2 cm³/mol. The van der Waals surface area contributed by atoms with Crippen molar-refractivity contribution in [2.24, 2.45) is 5.92 Å². The van der Waals surface area contributed by atoms with Gasteiger partial charge in [0.25, 0.3) is 0 Å². The molecule has 114 valence electrons. The zero-order valence-electron chi connectivity index (χ0n) is 13.4. The number of hydrogen-bond acceptors (Lipinski definition) is 2. The second-order valence-electron chi connectivity index (χ2n) is 6.42. The summed E-state index contributed by atoms with van der Waals surface area (Å²) in [7, 11) is 0. The summed E-state index contributed by atoms with van der Waals surface area (Å²) in [6.07, 6.45) is 0.665. The second kappa shape index (κ2) is 5.88. The zero-order chi connectivity index (χ0) is 15.7. The number of amides is 2. The molecule has 0 bridgehead atoms. The Balaban J connectivity index is 2.38. The van der Waals surface area contributed by atoms with E-state index in [1.165, 1.54) is 0 Å². The van der Waals surface area contributed by atoms with E-state index in [9.17, 15) is 9.59 Å². The van der Waals surface area contributed by atoms with Gasteiger partial charge in [0.2, 0.25) is 11.8 Å². The first kappa shape index (κ1) is 15.5. The maximum Gasteiger partial charge on any atom is 0.250 e. The molecule has 0 spiro atoms. The SMILES string of the molecule is Cc1cc(C)cc(N2C(=O)C(CC(C)C)NC(=O)C2C)c1. The van der Waals surface area contributed by atoms with Gasteiger partial charge in [0.05, 0.1) is 0 Å². The lowest BCUT2D eigenvalue weighted by Gasteiger charge is -2.38. The van der Waals surface area contributed by atoms with E-state index in [0.717, 1.165) is 16.8 Å². The van der Waals surface area contributed by atoms with Gasteiger partial charge in [-0.2, -0.15) is 0 Å². The van der Waals surface area contributed by atoms with Crippen molar-refractivity contribution < 1.29 is 9.59 Å². The molecular formula is C17H24N2O2. The summed E-state index contributed by atoms with van der Waals surface area (Å²) in [6, 6.07) is 5.10. The minimum Gasteiger partial charge on any atom is -0.342 e. The van der Waals surface area contributed by atoms with Crippen molar-refractivity contribution in [3.8, 4) is 0 Å². The number of hydrogen-bond donors (Lipinski definition) is 1. The van der Waals surface area contributed by atoms with Crippen molar-refractivity contribution in [2.45, 2.75) is 53.1 Å². The predicted octanol–water partition coefficient (Wildman–Crippen LogP) is 2.57. The Morgan fingerprint density at radius 2 is 1.71 bits per heavy atom. The standard InChI is InChI=1S/C17H24N2O2/c1-10(2)6-15-17(21)19(13(5)16(20)18-15)14-8-11(3)7-12(4)9-14/h7-10,13,15H,6H2,1-5H3,(H,18,20). The van der Waals surface area contributed by atoms with Crippen LogP contribution in [0.15, 0.2) is 18.2 Å². The average Bonchev–Trinajstić information content (AvgIpc) is 2.34. The molecule has 0 saturated carbocycles. The summed E-state index contributed by atoms with van der Waals surface area (Å²) in [6.45, 7) is 9.89. The molecule has 2 unspecified atom stereocenters. The summed E-state index contributed by atoms with van der Waals surface area (Å²) in [5, 5.41) is 2.85. The van der Waals surface area contributed by atoms with Gasteiger partial charge >= 0.3 is 0 Å². The minimum atomic E-state index is -0.470. The van der Waals surface area contributed by atoms with Crippen molar-refractivity contribution in [3.63, 3.8) is 0 Å². The smallest absolute Gasteiger partial charge is 0.250 e. The van der Waals surface area contributed by atoms with E-state index in [-0.39, 0.29) is 11.8 Å². The lowest BCUT2D eigenvalue weighted by Crippen LogP contribution is -2.63. The van der Waals surface area contributed by atoms with Gasteiger partial charge in [-0.1, -0.05) is 19.9 Å². The first-order valence-corrected chi connectivity index (χ1v) is 7.51. The van der Waals surface area contributed by atoms with Crippen LogP contribution in [0.3, 0.4) is 0 Å². The third-order valence-electron chi connectivity index (χ3n) is 3.81. The molecule has 1 N–H and O–H groups in total. The van der Waals surface area contributed by atoms with Gasteiger partial charge < -0.3 is 5.32 Å². The van der Waals surface area contributed by atoms with E-state index >= 15 is 0 Å². The molecule has 1 aliphatic heterocycles. The summed E-state index contributed by atoms with van der Waals surface area (Å²) in [5.41, 5.74) is 3.00. The van der Waals surface area contributed by atoms with Crippen LogP contribution in [0.4, 0.5) is 5.69 Å². The fourth-order valence-corrected chi connectivity index (χ4v) is 2.90. The third-order valence-corrected chi connectivity index (χ3v) is 3.81. The maximum absolute atomic E-state index is 12.8. The van der Waals surface area contributed by atoms with Crippen molar-refractivity contribution >= 4 is 17.5 Å². The molecule has 1 heterocycles. The van der Waals surface area contributed by atoms with Gasteiger partial charge in [-0.25, -0.2) is 0 Å². The number of aryl methyl sites for hydroxylation is 2. The lowest BCUT2D eigenvalue weighted by atomic mass is 9.98. The quantitative estimate of drug-likeness (QED) is 0.929. The largest absolute Gasteiger partial charge is 0.342 e. The molecule has 4 heteroatoms. The van der Waals surface area contributed by atoms with Crippen molar-refractivity contribution in [1.82, 2.24) is 5.32 Å². The first-order chi connectivity index (χ1) is 9.79. The molecule has 1 aromatic carbocycles. The highest BCUT2D eigenvalue weighted by atomic mass is 16.2. The van der Waals surface area contributed by atoms with Gasteiger partial charge in [-0.05, 0) is 56.4 Å². The van der Waals surface area contributed by atoms with Gasteiger partial charge in [0.1, 0.15) is 12.1 Å². The molecule has 2 rings (SSSR count). The number of benzene rings is 1. The van der Waals surface area contributed by atoms with Crippen LogP contribution < -0.4 is 10.2 Å². The molecule has 21 heavy (non-hydrogen) atoms. The van der Waals surface area contributed by atoms with Crippen LogP contribution in [0.25, 0.3) is 0 Å². The molecule has 0 radical (unpaired) electrons. The zero-order valence-corrected chi connectivity index (χ0v) is 13.4. The number of anilines is 1. The second-order valence-corrected chi connectivity index (χ2v) is 6.42. The van der Waals surface area contributed by atoms with Crippen LogP contribution >= 0.6 is 0 Å². The van der Waals surface area contributed by atoms with Crippen molar-refractivity contribution in [2.75, 3.05) is 4.90 Å². The van der Waals surface area contributed by atoms with Crippen molar-refractivity contribution in [1.29, 1.82) is 0 Å². The highest BCUT2D eigenvalue weighted by molar-refractivity contribution is 6.08. The Hall–Kier alpha value is -1.84. The van der Waals surface area contributed by atoms with Crippen LogP contribution in [-0.2, 0) is 9.59 Å². The number of carbonyl (C=O) groups is 2.